The summed E-state index contributed by atoms with van der Waals surface area (Å²) in [6.07, 6.45) is 1.21. The lowest BCUT2D eigenvalue weighted by molar-refractivity contribution is 0.394. The minimum Gasteiger partial charge on any atom is -0.229 e. The molecule has 5 nitrogen and oxygen atoms in total. The molecule has 20 heavy (non-hydrogen) atoms. The van der Waals surface area contributed by atoms with E-state index in [1.807, 2.05) is 6.92 Å². The van der Waals surface area contributed by atoms with E-state index in [0.717, 1.165) is 12.0 Å². The largest absolute Gasteiger partial charge is 0.243 e. The van der Waals surface area contributed by atoms with Crippen LogP contribution >= 0.6 is 0 Å². The Morgan fingerprint density at radius 2 is 1.85 bits per heavy atom. The molecule has 0 bridgehead atoms. The van der Waals surface area contributed by atoms with E-state index in [1.165, 1.54) is 11.4 Å². The van der Waals surface area contributed by atoms with Crippen LogP contribution in [-0.4, -0.2) is 45.7 Å². The number of sulfone groups is 1. The summed E-state index contributed by atoms with van der Waals surface area (Å²) in [7, 11) is -5.28. The number of hydrogen-bond donors (Lipinski definition) is 0. The van der Waals surface area contributed by atoms with Gasteiger partial charge in [-0.15, -0.1) is 0 Å². The number of hydrogen-bond acceptors (Lipinski definition) is 4. The zero-order valence-electron chi connectivity index (χ0n) is 11.6. The third-order valence-electron chi connectivity index (χ3n) is 3.73. The molecule has 1 atom stereocenters. The first-order chi connectivity index (χ1) is 9.26. The van der Waals surface area contributed by atoms with Gasteiger partial charge in [0.2, 0.25) is 10.0 Å². The maximum Gasteiger partial charge on any atom is 0.243 e. The van der Waals surface area contributed by atoms with Gasteiger partial charge in [-0.1, -0.05) is 19.1 Å². The smallest absolute Gasteiger partial charge is 0.229 e. The van der Waals surface area contributed by atoms with Crippen LogP contribution in [0.25, 0.3) is 0 Å². The average Bonchev–Trinajstić information content (AvgIpc) is 2.78. The fraction of sp³-hybridized carbons (Fsp3) is 0.538. The van der Waals surface area contributed by atoms with Crippen LogP contribution in [-0.2, 0) is 26.3 Å². The van der Waals surface area contributed by atoms with Crippen molar-refractivity contribution < 1.29 is 16.8 Å². The Morgan fingerprint density at radius 1 is 1.25 bits per heavy atom. The van der Waals surface area contributed by atoms with Crippen molar-refractivity contribution >= 4 is 19.9 Å². The van der Waals surface area contributed by atoms with Crippen molar-refractivity contribution in [2.45, 2.75) is 30.7 Å². The number of rotatable bonds is 4. The summed E-state index contributed by atoms with van der Waals surface area (Å²) in [6, 6.07) is 6.26. The van der Waals surface area contributed by atoms with Crippen molar-refractivity contribution in [1.82, 2.24) is 4.31 Å². The predicted octanol–water partition coefficient (Wildman–Crippen LogP) is 1.06. The van der Waals surface area contributed by atoms with E-state index in [-0.39, 0.29) is 16.4 Å². The maximum atomic E-state index is 12.5. The monoisotopic (exact) mass is 317 g/mol. The number of aryl methyl sites for hydroxylation is 1. The van der Waals surface area contributed by atoms with Crippen molar-refractivity contribution in [3.05, 3.63) is 29.8 Å². The summed E-state index contributed by atoms with van der Waals surface area (Å²) in [5.74, 6) is -0.0257. The Balaban J connectivity index is 2.25. The molecule has 1 aromatic carbocycles. The van der Waals surface area contributed by atoms with Gasteiger partial charge in [0.25, 0.3) is 0 Å². The summed E-state index contributed by atoms with van der Waals surface area (Å²) in [6.45, 7) is 2.00. The zero-order chi connectivity index (χ0) is 15.0. The lowest BCUT2D eigenvalue weighted by Crippen LogP contribution is -2.37. The molecule has 0 unspecified atom stereocenters. The molecule has 1 saturated heterocycles. The highest BCUT2D eigenvalue weighted by Crippen LogP contribution is 2.23. The highest BCUT2D eigenvalue weighted by Gasteiger charge is 2.36. The first kappa shape index (κ1) is 15.5. The van der Waals surface area contributed by atoms with Gasteiger partial charge in [0.15, 0.2) is 9.84 Å². The summed E-state index contributed by atoms with van der Waals surface area (Å²) in [5, 5.41) is 0. The first-order valence-electron chi connectivity index (χ1n) is 6.53. The van der Waals surface area contributed by atoms with Gasteiger partial charge in [-0.3, -0.25) is 0 Å². The van der Waals surface area contributed by atoms with Crippen LogP contribution in [0.3, 0.4) is 0 Å². The molecule has 2 rings (SSSR count). The molecule has 0 aliphatic carbocycles. The average molecular weight is 317 g/mol. The Bertz CT molecular complexity index is 678. The molecular formula is C13H19NO4S2. The Hall–Kier alpha value is -0.920. The van der Waals surface area contributed by atoms with E-state index < -0.39 is 25.9 Å². The van der Waals surface area contributed by atoms with Crippen molar-refractivity contribution in [2.24, 2.45) is 0 Å². The number of sulfonamides is 1. The highest BCUT2D eigenvalue weighted by molar-refractivity contribution is 7.92. The minimum absolute atomic E-state index is 0.0618. The molecule has 1 aromatic rings. The SMILES string of the molecule is CCc1ccc(S(=O)(=O)N(C)[C@H]2CCS(=O)(=O)C2)cc1. The molecule has 7 heteroatoms. The topological polar surface area (TPSA) is 71.5 Å². The minimum atomic E-state index is -3.63. The molecule has 1 aliphatic rings. The zero-order valence-corrected chi connectivity index (χ0v) is 13.2. The van der Waals surface area contributed by atoms with E-state index in [0.29, 0.717) is 6.42 Å². The number of nitrogens with zero attached hydrogens (tertiary/aromatic N) is 1. The molecule has 1 heterocycles. The van der Waals surface area contributed by atoms with E-state index in [1.54, 1.807) is 24.3 Å². The first-order valence-corrected chi connectivity index (χ1v) is 9.80. The van der Waals surface area contributed by atoms with Gasteiger partial charge in [-0.05, 0) is 30.5 Å². The van der Waals surface area contributed by atoms with E-state index in [4.69, 9.17) is 0 Å². The van der Waals surface area contributed by atoms with E-state index in [9.17, 15) is 16.8 Å². The quantitative estimate of drug-likeness (QED) is 0.832. The van der Waals surface area contributed by atoms with Crippen LogP contribution in [0.1, 0.15) is 18.9 Å². The Labute approximate surface area is 120 Å². The van der Waals surface area contributed by atoms with Gasteiger partial charge in [-0.25, -0.2) is 16.8 Å². The summed E-state index contributed by atoms with van der Waals surface area (Å²) < 4.78 is 49.1. The molecule has 0 amide bonds. The van der Waals surface area contributed by atoms with Crippen LogP contribution in [0.2, 0.25) is 0 Å². The van der Waals surface area contributed by atoms with Crippen LogP contribution < -0.4 is 0 Å². The fourth-order valence-corrected chi connectivity index (χ4v) is 5.58. The lowest BCUT2D eigenvalue weighted by atomic mass is 10.2. The van der Waals surface area contributed by atoms with Gasteiger partial charge in [0.1, 0.15) is 0 Å². The van der Waals surface area contributed by atoms with Crippen molar-refractivity contribution in [3.8, 4) is 0 Å². The van der Waals surface area contributed by atoms with Gasteiger partial charge < -0.3 is 0 Å². The Kier molecular flexibility index (Phi) is 4.22. The molecule has 1 fully saturated rings. The standard InChI is InChI=1S/C13H19NO4S2/c1-3-11-4-6-13(7-5-11)20(17,18)14(2)12-8-9-19(15,16)10-12/h4-7,12H,3,8-10H2,1-2H3/t12-/m0/s1. The van der Waals surface area contributed by atoms with E-state index in [2.05, 4.69) is 0 Å². The van der Waals surface area contributed by atoms with Crippen LogP contribution in [0.4, 0.5) is 0 Å². The van der Waals surface area contributed by atoms with Gasteiger partial charge in [0.05, 0.1) is 16.4 Å². The van der Waals surface area contributed by atoms with Gasteiger partial charge >= 0.3 is 0 Å². The van der Waals surface area contributed by atoms with Crippen LogP contribution in [0.5, 0.6) is 0 Å². The summed E-state index contributed by atoms with van der Waals surface area (Å²) in [4.78, 5) is 0.210. The van der Waals surface area contributed by atoms with Gasteiger partial charge in [-0.2, -0.15) is 4.31 Å². The fourth-order valence-electron chi connectivity index (χ4n) is 2.32. The van der Waals surface area contributed by atoms with Gasteiger partial charge in [0, 0.05) is 13.1 Å². The molecule has 0 radical (unpaired) electrons. The highest BCUT2D eigenvalue weighted by atomic mass is 32.2. The molecule has 0 saturated carbocycles. The molecule has 0 aromatic heterocycles. The van der Waals surface area contributed by atoms with Crippen LogP contribution in [0.15, 0.2) is 29.2 Å². The second-order valence-corrected chi connectivity index (χ2v) is 9.30. The predicted molar refractivity (Wildman–Crippen MR) is 77.8 cm³/mol. The normalized spacial score (nSPS) is 22.2. The molecule has 1 aliphatic heterocycles. The molecular weight excluding hydrogens is 298 g/mol. The van der Waals surface area contributed by atoms with Crippen molar-refractivity contribution in [3.63, 3.8) is 0 Å². The Morgan fingerprint density at radius 3 is 2.30 bits per heavy atom. The number of benzene rings is 1. The van der Waals surface area contributed by atoms with Crippen molar-refractivity contribution in [2.75, 3.05) is 18.6 Å². The third-order valence-corrected chi connectivity index (χ3v) is 7.41. The van der Waals surface area contributed by atoms with Crippen molar-refractivity contribution in [1.29, 1.82) is 0 Å². The van der Waals surface area contributed by atoms with E-state index >= 15 is 0 Å². The molecule has 0 spiro atoms. The second kappa shape index (κ2) is 5.46. The van der Waals surface area contributed by atoms with Crippen LogP contribution in [0, 0.1) is 0 Å². The second-order valence-electron chi connectivity index (χ2n) is 5.08. The summed E-state index contributed by atoms with van der Waals surface area (Å²) in [5.41, 5.74) is 1.06. The third kappa shape index (κ3) is 3.05. The lowest BCUT2D eigenvalue weighted by Gasteiger charge is -2.22. The summed E-state index contributed by atoms with van der Waals surface area (Å²) >= 11 is 0. The maximum absolute atomic E-state index is 12.5. The molecule has 112 valence electrons. The molecule has 0 N–H and O–H groups in total.